The molecule has 1 aliphatic carbocycles. The van der Waals surface area contributed by atoms with Gasteiger partial charge in [-0.15, -0.1) is 0 Å². The summed E-state index contributed by atoms with van der Waals surface area (Å²) in [5, 5.41) is 0. The molecule has 0 N–H and O–H groups in total. The largest absolute Gasteiger partial charge is 0.337 e. The summed E-state index contributed by atoms with van der Waals surface area (Å²) in [4.78, 5) is 13.9. The molecule has 0 spiro atoms. The smallest absolute Gasteiger partial charge is 0.236 e. The number of nitrogens with zero attached hydrogens (tertiary/aromatic N) is 1. The molecule has 0 saturated heterocycles. The Morgan fingerprint density at radius 2 is 1.54 bits per heavy atom. The van der Waals surface area contributed by atoms with Crippen LogP contribution in [-0.4, -0.2) is 22.9 Å². The zero-order valence-electron chi connectivity index (χ0n) is 9.16. The first kappa shape index (κ1) is 10.3. The van der Waals surface area contributed by atoms with Gasteiger partial charge in [0, 0.05) is 12.1 Å². The van der Waals surface area contributed by atoms with Gasteiger partial charge in [-0.05, 0) is 34.6 Å². The predicted octanol–water partition coefficient (Wildman–Crippen LogP) is 2.21. The van der Waals surface area contributed by atoms with Crippen molar-refractivity contribution in [1.82, 2.24) is 4.90 Å². The van der Waals surface area contributed by atoms with Crippen LogP contribution in [-0.2, 0) is 4.79 Å². The fourth-order valence-electron chi connectivity index (χ4n) is 1.61. The number of rotatable bonds is 3. The highest BCUT2D eigenvalue weighted by Crippen LogP contribution is 2.36. The third-order valence-electron chi connectivity index (χ3n) is 2.47. The molecule has 0 fully saturated rings. The van der Waals surface area contributed by atoms with Gasteiger partial charge < -0.3 is 4.90 Å². The molecule has 1 rings (SSSR count). The van der Waals surface area contributed by atoms with Gasteiger partial charge in [-0.3, -0.25) is 4.79 Å². The fraction of sp³-hybridized carbons (Fsp3) is 0.727. The Kier molecular flexibility index (Phi) is 2.51. The maximum absolute atomic E-state index is 12.0. The molecule has 2 nitrogen and oxygen atoms in total. The first-order valence-electron chi connectivity index (χ1n) is 4.91. The van der Waals surface area contributed by atoms with Crippen molar-refractivity contribution in [1.29, 1.82) is 0 Å². The molecule has 0 aromatic rings. The van der Waals surface area contributed by atoms with E-state index in [1.54, 1.807) is 0 Å². The maximum Gasteiger partial charge on any atom is 0.236 e. The first-order valence-corrected chi connectivity index (χ1v) is 4.91. The topological polar surface area (TPSA) is 20.3 Å². The number of carbonyl (C=O) groups excluding carboxylic acids is 1. The summed E-state index contributed by atoms with van der Waals surface area (Å²) in [6.45, 7) is 10.2. The van der Waals surface area contributed by atoms with Crippen LogP contribution in [0.1, 0.15) is 34.6 Å². The molecule has 0 heterocycles. The Labute approximate surface area is 80.6 Å². The predicted molar refractivity (Wildman–Crippen MR) is 54.4 cm³/mol. The highest BCUT2D eigenvalue weighted by atomic mass is 16.2. The quantitative estimate of drug-likeness (QED) is 0.611. The number of amides is 1. The molecule has 0 unspecified atom stereocenters. The number of hydrogen-bond donors (Lipinski definition) is 0. The third kappa shape index (κ3) is 1.93. The SMILES string of the molecule is CC(C)N(C(=O)C1(C)C=C1)C(C)C. The van der Waals surface area contributed by atoms with E-state index in [4.69, 9.17) is 0 Å². The molecule has 1 aliphatic rings. The Bertz CT molecular complexity index is 226. The first-order chi connectivity index (χ1) is 5.88. The molecule has 1 amide bonds. The summed E-state index contributed by atoms with van der Waals surface area (Å²) in [5.41, 5.74) is -0.269. The molecule has 0 aromatic heterocycles. The van der Waals surface area contributed by atoms with Gasteiger partial charge in [-0.1, -0.05) is 12.2 Å². The van der Waals surface area contributed by atoms with Crippen molar-refractivity contribution in [3.8, 4) is 0 Å². The van der Waals surface area contributed by atoms with E-state index in [2.05, 4.69) is 27.7 Å². The van der Waals surface area contributed by atoms with Crippen molar-refractivity contribution in [2.24, 2.45) is 5.41 Å². The van der Waals surface area contributed by atoms with E-state index < -0.39 is 0 Å². The van der Waals surface area contributed by atoms with Crippen molar-refractivity contribution in [2.75, 3.05) is 0 Å². The van der Waals surface area contributed by atoms with Crippen LogP contribution in [0.25, 0.3) is 0 Å². The molecule has 13 heavy (non-hydrogen) atoms. The third-order valence-corrected chi connectivity index (χ3v) is 2.47. The highest BCUT2D eigenvalue weighted by molar-refractivity contribution is 5.90. The fourth-order valence-corrected chi connectivity index (χ4v) is 1.61. The van der Waals surface area contributed by atoms with Crippen LogP contribution in [0.2, 0.25) is 0 Å². The molecule has 0 aliphatic heterocycles. The van der Waals surface area contributed by atoms with Crippen LogP contribution in [0.15, 0.2) is 12.2 Å². The molecule has 0 saturated carbocycles. The van der Waals surface area contributed by atoms with Gasteiger partial charge in [0.2, 0.25) is 5.91 Å². The van der Waals surface area contributed by atoms with Gasteiger partial charge in [0.05, 0.1) is 5.41 Å². The van der Waals surface area contributed by atoms with E-state index >= 15 is 0 Å². The standard InChI is InChI=1S/C11H19NO/c1-8(2)12(9(3)4)10(13)11(5)6-7-11/h6-9H,1-5H3. The van der Waals surface area contributed by atoms with Crippen LogP contribution >= 0.6 is 0 Å². The lowest BCUT2D eigenvalue weighted by molar-refractivity contribution is -0.138. The van der Waals surface area contributed by atoms with Crippen LogP contribution in [0.5, 0.6) is 0 Å². The minimum atomic E-state index is -0.269. The Hall–Kier alpha value is -0.790. The Balaban J connectivity index is 2.71. The Morgan fingerprint density at radius 3 is 1.77 bits per heavy atom. The van der Waals surface area contributed by atoms with Crippen LogP contribution in [0.4, 0.5) is 0 Å². The number of carbonyl (C=O) groups is 1. The average molecular weight is 181 g/mol. The molecule has 0 radical (unpaired) electrons. The summed E-state index contributed by atoms with van der Waals surface area (Å²) in [7, 11) is 0. The van der Waals surface area contributed by atoms with Crippen molar-refractivity contribution < 1.29 is 4.79 Å². The van der Waals surface area contributed by atoms with Crippen LogP contribution in [0.3, 0.4) is 0 Å². The van der Waals surface area contributed by atoms with Crippen molar-refractivity contribution in [3.63, 3.8) is 0 Å². The number of hydrogen-bond acceptors (Lipinski definition) is 1. The van der Waals surface area contributed by atoms with Crippen molar-refractivity contribution in [3.05, 3.63) is 12.2 Å². The maximum atomic E-state index is 12.0. The highest BCUT2D eigenvalue weighted by Gasteiger charge is 2.41. The van der Waals surface area contributed by atoms with Gasteiger partial charge in [-0.2, -0.15) is 0 Å². The minimum absolute atomic E-state index is 0.234. The zero-order valence-corrected chi connectivity index (χ0v) is 9.16. The van der Waals surface area contributed by atoms with E-state index in [1.165, 1.54) is 0 Å². The normalized spacial score (nSPS) is 18.1. The Morgan fingerprint density at radius 1 is 1.15 bits per heavy atom. The van der Waals surface area contributed by atoms with Gasteiger partial charge >= 0.3 is 0 Å². The van der Waals surface area contributed by atoms with E-state index in [0.29, 0.717) is 0 Å². The molecule has 74 valence electrons. The van der Waals surface area contributed by atoms with Gasteiger partial charge in [0.15, 0.2) is 0 Å². The summed E-state index contributed by atoms with van der Waals surface area (Å²) in [6, 6.07) is 0.568. The summed E-state index contributed by atoms with van der Waals surface area (Å²) < 4.78 is 0. The lowest BCUT2D eigenvalue weighted by Crippen LogP contribution is -2.45. The molecule has 2 heteroatoms. The lowest BCUT2D eigenvalue weighted by Gasteiger charge is -2.33. The van der Waals surface area contributed by atoms with E-state index in [0.717, 1.165) is 0 Å². The van der Waals surface area contributed by atoms with E-state index in [9.17, 15) is 4.79 Å². The molecular weight excluding hydrogens is 162 g/mol. The second-order valence-electron chi connectivity index (χ2n) is 4.52. The molecule has 0 aromatic carbocycles. The molecule has 0 atom stereocenters. The van der Waals surface area contributed by atoms with Crippen LogP contribution in [0, 0.1) is 5.41 Å². The van der Waals surface area contributed by atoms with Gasteiger partial charge in [-0.25, -0.2) is 0 Å². The average Bonchev–Trinajstić information content (AvgIpc) is 2.67. The minimum Gasteiger partial charge on any atom is -0.337 e. The second kappa shape index (κ2) is 3.17. The van der Waals surface area contributed by atoms with E-state index in [-0.39, 0.29) is 23.4 Å². The van der Waals surface area contributed by atoms with Crippen molar-refractivity contribution >= 4 is 5.91 Å². The second-order valence-corrected chi connectivity index (χ2v) is 4.52. The summed E-state index contributed by atoms with van der Waals surface area (Å²) in [5.74, 6) is 0.234. The lowest BCUT2D eigenvalue weighted by atomic mass is 10.0. The monoisotopic (exact) mass is 181 g/mol. The zero-order chi connectivity index (χ0) is 10.2. The van der Waals surface area contributed by atoms with Crippen LogP contribution < -0.4 is 0 Å². The summed E-state index contributed by atoms with van der Waals surface area (Å²) in [6.07, 6.45) is 3.93. The molecule has 0 bridgehead atoms. The molecular formula is C11H19NO. The van der Waals surface area contributed by atoms with Gasteiger partial charge in [0.1, 0.15) is 0 Å². The van der Waals surface area contributed by atoms with E-state index in [1.807, 2.05) is 24.0 Å². The summed E-state index contributed by atoms with van der Waals surface area (Å²) >= 11 is 0. The van der Waals surface area contributed by atoms with Gasteiger partial charge in [0.25, 0.3) is 0 Å². The van der Waals surface area contributed by atoms with Crippen molar-refractivity contribution in [2.45, 2.75) is 46.7 Å².